The fourth-order valence-electron chi connectivity index (χ4n) is 5.66. The maximum Gasteiger partial charge on any atom is 0.245 e. The molecule has 1 aromatic carbocycles. The zero-order chi connectivity index (χ0) is 24.6. The molecule has 3 aliphatic rings. The summed E-state index contributed by atoms with van der Waals surface area (Å²) in [5.74, 6) is 1.81. The highest BCUT2D eigenvalue weighted by molar-refractivity contribution is 7.84. The van der Waals surface area contributed by atoms with Gasteiger partial charge in [0.05, 0.1) is 19.3 Å². The molecule has 4 rings (SSSR count). The Morgan fingerprint density at radius 2 is 2.12 bits per heavy atom. The number of nitrogens with one attached hydrogen (secondary N) is 1. The van der Waals surface area contributed by atoms with Crippen LogP contribution in [0, 0.1) is 11.8 Å². The second-order valence-electron chi connectivity index (χ2n) is 10.2. The minimum Gasteiger partial charge on any atom is -0.493 e. The predicted molar refractivity (Wildman–Crippen MR) is 129 cm³/mol. The average Bonchev–Trinajstić information content (AvgIpc) is 2.79. The quantitative estimate of drug-likeness (QED) is 0.656. The maximum absolute atomic E-state index is 13.3. The van der Waals surface area contributed by atoms with Crippen molar-refractivity contribution in [2.75, 3.05) is 32.2 Å². The molecule has 2 fully saturated rings. The second-order valence-corrected chi connectivity index (χ2v) is 11.7. The fourth-order valence-corrected chi connectivity index (χ4v) is 6.23. The van der Waals surface area contributed by atoms with E-state index in [0.29, 0.717) is 31.0 Å². The first-order valence-electron chi connectivity index (χ1n) is 12.0. The van der Waals surface area contributed by atoms with Crippen molar-refractivity contribution in [3.05, 3.63) is 23.8 Å². The Balaban J connectivity index is 1.51. The first kappa shape index (κ1) is 25.0. The van der Waals surface area contributed by atoms with Crippen LogP contribution in [0.15, 0.2) is 18.2 Å². The lowest BCUT2D eigenvalue weighted by Crippen LogP contribution is -2.58. The molecule has 3 aliphatic heterocycles. The van der Waals surface area contributed by atoms with E-state index in [1.807, 2.05) is 17.0 Å². The molecule has 0 saturated carbocycles. The van der Waals surface area contributed by atoms with Gasteiger partial charge in [-0.05, 0) is 39.2 Å². The number of carbonyl (C=O) groups is 2. The zero-order valence-corrected chi connectivity index (χ0v) is 21.5. The third-order valence-corrected chi connectivity index (χ3v) is 8.19. The number of fused-ring (bicyclic) bond motifs is 4. The average molecular weight is 493 g/mol. The van der Waals surface area contributed by atoms with E-state index in [4.69, 9.17) is 14.2 Å². The Kier molecular flexibility index (Phi) is 7.24. The summed E-state index contributed by atoms with van der Waals surface area (Å²) < 4.78 is 30.3. The van der Waals surface area contributed by atoms with Crippen molar-refractivity contribution in [3.63, 3.8) is 0 Å². The Morgan fingerprint density at radius 3 is 2.79 bits per heavy atom. The molecule has 0 unspecified atom stereocenters. The number of ether oxygens (including phenoxy) is 3. The van der Waals surface area contributed by atoms with Gasteiger partial charge in [-0.15, -0.1) is 0 Å². The lowest BCUT2D eigenvalue weighted by molar-refractivity contribution is -0.189. The monoisotopic (exact) mass is 492 g/mol. The Bertz CT molecular complexity index is 967. The molecular weight excluding hydrogens is 456 g/mol. The second kappa shape index (κ2) is 9.85. The van der Waals surface area contributed by atoms with Crippen LogP contribution in [-0.2, 0) is 25.1 Å². The van der Waals surface area contributed by atoms with Crippen LogP contribution < -0.4 is 14.8 Å². The van der Waals surface area contributed by atoms with Crippen molar-refractivity contribution in [1.29, 1.82) is 0 Å². The molecule has 0 radical (unpaired) electrons. The van der Waals surface area contributed by atoms with E-state index in [0.717, 1.165) is 24.2 Å². The van der Waals surface area contributed by atoms with Crippen LogP contribution in [-0.4, -0.2) is 70.9 Å². The van der Waals surface area contributed by atoms with Crippen molar-refractivity contribution in [2.45, 2.75) is 63.9 Å². The van der Waals surface area contributed by atoms with Crippen molar-refractivity contribution >= 4 is 22.6 Å². The van der Waals surface area contributed by atoms with Gasteiger partial charge in [-0.2, -0.15) is 0 Å². The number of rotatable bonds is 6. The van der Waals surface area contributed by atoms with Crippen LogP contribution in [0.1, 0.15) is 51.7 Å². The molecule has 2 saturated heterocycles. The van der Waals surface area contributed by atoms with E-state index in [2.05, 4.69) is 25.2 Å². The number of carbonyl (C=O) groups excluding carboxylic acids is 2. The molecule has 0 aromatic heterocycles. The van der Waals surface area contributed by atoms with Gasteiger partial charge in [-0.1, -0.05) is 12.1 Å². The van der Waals surface area contributed by atoms with Gasteiger partial charge in [0.1, 0.15) is 11.6 Å². The number of para-hydroxylation sites is 1. The van der Waals surface area contributed by atoms with Gasteiger partial charge in [0.15, 0.2) is 11.5 Å². The third kappa shape index (κ3) is 4.96. The number of piperidine rings is 1. The van der Waals surface area contributed by atoms with Gasteiger partial charge < -0.3 is 24.4 Å². The summed E-state index contributed by atoms with van der Waals surface area (Å²) in [6, 6.07) is 5.28. The highest BCUT2D eigenvalue weighted by Gasteiger charge is 2.52. The summed E-state index contributed by atoms with van der Waals surface area (Å²) in [6.45, 7) is 6.75. The lowest BCUT2D eigenvalue weighted by atomic mass is 9.70. The summed E-state index contributed by atoms with van der Waals surface area (Å²) in [4.78, 5) is 26.8. The van der Waals surface area contributed by atoms with Crippen LogP contribution >= 0.6 is 0 Å². The summed E-state index contributed by atoms with van der Waals surface area (Å²) in [5.41, 5.74) is 0.576. The molecule has 2 amide bonds. The van der Waals surface area contributed by atoms with E-state index < -0.39 is 22.4 Å². The largest absolute Gasteiger partial charge is 0.493 e. The lowest BCUT2D eigenvalue weighted by Gasteiger charge is -2.53. The molecule has 188 valence electrons. The van der Waals surface area contributed by atoms with Crippen molar-refractivity contribution in [1.82, 2.24) is 10.2 Å². The molecule has 1 N–H and O–H groups in total. The molecule has 0 spiro atoms. The first-order valence-corrected chi connectivity index (χ1v) is 13.7. The highest BCUT2D eigenvalue weighted by atomic mass is 32.2. The number of methoxy groups -OCH3 is 1. The Morgan fingerprint density at radius 1 is 1.35 bits per heavy atom. The normalized spacial score (nSPS) is 28.9. The first-order chi connectivity index (χ1) is 16.1. The standard InChI is InChI=1S/C25H36N2O6S/c1-15(28)26-19(10-12-34(5)30)24(29)27-11-9-20-16(14-27)13-18-22(32-20)17-7-6-8-21(31-4)23(17)33-25(18,2)3/h6-8,16,18-20,22H,9-14H2,1-5H3,(H,26,28)/t16-,18+,19-,20+,22-,34+/m0/s1. The molecule has 1 aromatic rings. The SMILES string of the molecule is COc1cccc2c1OC(C)(C)[C@@H]1C[C@H]3CN(C(=O)[C@H](CC[S@@](C)=O)NC(C)=O)CC[C@H]3O[C@@H]21. The van der Waals surface area contributed by atoms with Gasteiger partial charge >= 0.3 is 0 Å². The minimum absolute atomic E-state index is 0.0561. The van der Waals surface area contributed by atoms with Gasteiger partial charge in [0.2, 0.25) is 11.8 Å². The van der Waals surface area contributed by atoms with Crippen molar-refractivity contribution in [3.8, 4) is 11.5 Å². The van der Waals surface area contributed by atoms with Gasteiger partial charge in [-0.3, -0.25) is 13.8 Å². The van der Waals surface area contributed by atoms with Crippen LogP contribution in [0.4, 0.5) is 0 Å². The number of benzene rings is 1. The molecule has 9 heteroatoms. The van der Waals surface area contributed by atoms with Crippen molar-refractivity contribution in [2.24, 2.45) is 11.8 Å². The van der Waals surface area contributed by atoms with E-state index in [9.17, 15) is 13.8 Å². The van der Waals surface area contributed by atoms with Crippen LogP contribution in [0.5, 0.6) is 11.5 Å². The Labute approximate surface area is 204 Å². The number of amides is 2. The van der Waals surface area contributed by atoms with Gasteiger partial charge in [-0.25, -0.2) is 0 Å². The number of likely N-dealkylation sites (tertiary alicyclic amines) is 1. The van der Waals surface area contributed by atoms with Crippen LogP contribution in [0.3, 0.4) is 0 Å². The van der Waals surface area contributed by atoms with E-state index in [1.165, 1.54) is 6.92 Å². The van der Waals surface area contributed by atoms with Gasteiger partial charge in [0, 0.05) is 60.2 Å². The summed E-state index contributed by atoms with van der Waals surface area (Å²) in [5, 5.41) is 2.76. The summed E-state index contributed by atoms with van der Waals surface area (Å²) in [7, 11) is 0.620. The number of hydrogen-bond acceptors (Lipinski definition) is 6. The van der Waals surface area contributed by atoms with Gasteiger partial charge in [0.25, 0.3) is 0 Å². The zero-order valence-electron chi connectivity index (χ0n) is 20.7. The molecule has 3 heterocycles. The molecular formula is C25H36N2O6S. The smallest absolute Gasteiger partial charge is 0.245 e. The molecule has 0 aliphatic carbocycles. The fraction of sp³-hybridized carbons (Fsp3) is 0.680. The van der Waals surface area contributed by atoms with Crippen LogP contribution in [0.2, 0.25) is 0 Å². The summed E-state index contributed by atoms with van der Waals surface area (Å²) in [6.07, 6.45) is 3.58. The molecule has 8 nitrogen and oxygen atoms in total. The molecule has 6 atom stereocenters. The molecule has 34 heavy (non-hydrogen) atoms. The number of hydrogen-bond donors (Lipinski definition) is 1. The van der Waals surface area contributed by atoms with Crippen LogP contribution in [0.25, 0.3) is 0 Å². The third-order valence-electron chi connectivity index (χ3n) is 7.38. The topological polar surface area (TPSA) is 94.2 Å². The maximum atomic E-state index is 13.3. The van der Waals surface area contributed by atoms with E-state index in [-0.39, 0.29) is 35.9 Å². The van der Waals surface area contributed by atoms with Crippen molar-refractivity contribution < 1.29 is 28.0 Å². The number of nitrogens with zero attached hydrogens (tertiary/aromatic N) is 1. The Hall–Kier alpha value is -2.13. The summed E-state index contributed by atoms with van der Waals surface area (Å²) >= 11 is 0. The van der Waals surface area contributed by atoms with E-state index in [1.54, 1.807) is 13.4 Å². The van der Waals surface area contributed by atoms with E-state index >= 15 is 0 Å². The predicted octanol–water partition coefficient (Wildman–Crippen LogP) is 2.43. The highest BCUT2D eigenvalue weighted by Crippen LogP contribution is 2.55. The minimum atomic E-state index is -1.03. The molecule has 0 bridgehead atoms.